The molecular formula is C21H50O2P2. The third-order valence-electron chi connectivity index (χ3n) is 5.01. The maximum atomic E-state index is 11.6. The first-order chi connectivity index (χ1) is 11.9. The molecule has 0 aromatic carbocycles. The minimum atomic E-state index is -1.68. The van der Waals surface area contributed by atoms with Crippen LogP contribution in [0.25, 0.3) is 0 Å². The lowest BCUT2D eigenvalue weighted by molar-refractivity contribution is 0.504. The van der Waals surface area contributed by atoms with Gasteiger partial charge in [-0.15, -0.1) is 0 Å². The van der Waals surface area contributed by atoms with Crippen molar-refractivity contribution in [3.05, 3.63) is 0 Å². The summed E-state index contributed by atoms with van der Waals surface area (Å²) in [4.78, 5) is 0. The van der Waals surface area contributed by atoms with Gasteiger partial charge in [-0.3, -0.25) is 0 Å². The highest BCUT2D eigenvalue weighted by Gasteiger charge is 2.14. The van der Waals surface area contributed by atoms with Gasteiger partial charge in [0, 0.05) is 6.16 Å². The van der Waals surface area contributed by atoms with Gasteiger partial charge < -0.3 is 9.13 Å². The summed E-state index contributed by atoms with van der Waals surface area (Å²) in [5.41, 5.74) is 0. The van der Waals surface area contributed by atoms with Gasteiger partial charge in [-0.05, 0) is 37.2 Å². The summed E-state index contributed by atoms with van der Waals surface area (Å²) in [6, 6.07) is 0. The van der Waals surface area contributed by atoms with Gasteiger partial charge in [0.1, 0.15) is 0 Å². The molecular weight excluding hydrogens is 346 g/mol. The maximum absolute atomic E-state index is 11.6. The molecule has 0 spiro atoms. The van der Waals surface area contributed by atoms with Crippen LogP contribution >= 0.6 is 14.3 Å². The molecule has 25 heavy (non-hydrogen) atoms. The quantitative estimate of drug-likeness (QED) is 0.404. The zero-order valence-corrected chi connectivity index (χ0v) is 20.7. The van der Waals surface area contributed by atoms with E-state index in [4.69, 9.17) is 0 Å². The Morgan fingerprint density at radius 3 is 0.840 bits per heavy atom. The average Bonchev–Trinajstić information content (AvgIpc) is 2.71. The Bertz CT molecular complexity index is 298. The third kappa shape index (κ3) is 19.0. The second kappa shape index (κ2) is 20.8. The van der Waals surface area contributed by atoms with E-state index in [-0.39, 0.29) is 0 Å². The van der Waals surface area contributed by atoms with E-state index >= 15 is 0 Å². The van der Waals surface area contributed by atoms with E-state index in [1.807, 2.05) is 48.5 Å². The fraction of sp³-hybridized carbons (Fsp3) is 1.00. The topological polar surface area (TPSA) is 34.1 Å². The highest BCUT2D eigenvalue weighted by Crippen LogP contribution is 2.44. The van der Waals surface area contributed by atoms with Crippen molar-refractivity contribution in [2.24, 2.45) is 0 Å². The Kier molecular flexibility index (Phi) is 25.1. The van der Waals surface area contributed by atoms with Gasteiger partial charge >= 0.3 is 0 Å². The first-order valence-corrected chi connectivity index (χ1v) is 15.5. The lowest BCUT2D eigenvalue weighted by Crippen LogP contribution is -1.93. The zero-order valence-electron chi connectivity index (χ0n) is 18.9. The number of hydrogen-bond acceptors (Lipinski definition) is 2. The molecule has 2 nitrogen and oxygen atoms in total. The molecule has 0 aliphatic heterocycles. The van der Waals surface area contributed by atoms with Crippen LogP contribution in [0, 0.1) is 0 Å². The minimum Gasteiger partial charge on any atom is -0.324 e. The fourth-order valence-corrected chi connectivity index (χ4v) is 5.92. The predicted octanol–water partition coefficient (Wildman–Crippen LogP) is 8.58. The molecule has 1 aliphatic rings. The van der Waals surface area contributed by atoms with E-state index in [0.717, 1.165) is 43.4 Å². The smallest absolute Gasteiger partial charge is 0.0872 e. The second-order valence-electron chi connectivity index (χ2n) is 6.54. The minimum absolute atomic E-state index is 0.875. The summed E-state index contributed by atoms with van der Waals surface area (Å²) in [6.45, 7) is 16.2. The van der Waals surface area contributed by atoms with Crippen LogP contribution in [0.3, 0.4) is 0 Å². The summed E-state index contributed by atoms with van der Waals surface area (Å²) < 4.78 is 22.9. The van der Waals surface area contributed by atoms with Crippen molar-refractivity contribution in [1.82, 2.24) is 0 Å². The van der Waals surface area contributed by atoms with Crippen molar-refractivity contribution in [3.63, 3.8) is 0 Å². The number of rotatable bonds is 7. The summed E-state index contributed by atoms with van der Waals surface area (Å²) >= 11 is 0. The molecule has 0 heterocycles. The molecule has 1 saturated carbocycles. The molecule has 156 valence electrons. The second-order valence-corrected chi connectivity index (χ2v) is 14.4. The molecule has 1 fully saturated rings. The summed E-state index contributed by atoms with van der Waals surface area (Å²) in [7, 11) is -3.34. The highest BCUT2D eigenvalue weighted by atomic mass is 31.2. The van der Waals surface area contributed by atoms with Crippen molar-refractivity contribution in [2.45, 2.75) is 100 Å². The molecule has 0 aromatic rings. The van der Waals surface area contributed by atoms with Gasteiger partial charge in [0.05, 0.1) is 14.3 Å². The summed E-state index contributed by atoms with van der Waals surface area (Å²) in [6.07, 6.45) is 15.4. The Morgan fingerprint density at radius 1 is 0.520 bits per heavy atom. The maximum Gasteiger partial charge on any atom is 0.0872 e. The summed E-state index contributed by atoms with van der Waals surface area (Å²) in [5, 5.41) is 0. The molecule has 4 heteroatoms. The molecule has 0 aromatic heterocycles. The van der Waals surface area contributed by atoms with Crippen molar-refractivity contribution in [1.29, 1.82) is 0 Å². The van der Waals surface area contributed by atoms with E-state index in [1.54, 1.807) is 0 Å². The van der Waals surface area contributed by atoms with Gasteiger partial charge in [0.2, 0.25) is 0 Å². The van der Waals surface area contributed by atoms with Crippen LogP contribution in [0.1, 0.15) is 100 Å². The first-order valence-electron chi connectivity index (χ1n) is 11.0. The van der Waals surface area contributed by atoms with E-state index in [1.165, 1.54) is 38.5 Å². The SMILES string of the molecule is C1CCCCC1.CC.CCCP(=O)(CC)CC.CCP(=O)(CC)CC. The fourth-order valence-electron chi connectivity index (χ4n) is 2.68. The Morgan fingerprint density at radius 2 is 0.760 bits per heavy atom. The van der Waals surface area contributed by atoms with Crippen LogP contribution in [-0.4, -0.2) is 37.0 Å². The van der Waals surface area contributed by atoms with Crippen LogP contribution in [0.2, 0.25) is 0 Å². The van der Waals surface area contributed by atoms with Crippen molar-refractivity contribution in [2.75, 3.05) is 37.0 Å². The molecule has 0 bridgehead atoms. The van der Waals surface area contributed by atoms with Gasteiger partial charge in [0.15, 0.2) is 0 Å². The van der Waals surface area contributed by atoms with E-state index in [9.17, 15) is 9.13 Å². The van der Waals surface area contributed by atoms with Gasteiger partial charge in [-0.1, -0.05) is 93.9 Å². The zero-order chi connectivity index (χ0) is 20.2. The van der Waals surface area contributed by atoms with Crippen molar-refractivity contribution in [3.8, 4) is 0 Å². The number of hydrogen-bond donors (Lipinski definition) is 0. The monoisotopic (exact) mass is 396 g/mol. The Labute approximate surface area is 161 Å². The highest BCUT2D eigenvalue weighted by molar-refractivity contribution is 7.64. The standard InChI is InChI=1S/C7H17OP.C6H15OP.C6H12.C2H6/c1-4-7-9(8,5-2)6-3;1-4-8(7,5-2)6-3;1-2-4-6-5-3-1;1-2/h4-7H2,1-3H3;4-6H2,1-3H3;1-6H2;1-2H3. The molecule has 0 N–H and O–H groups in total. The lowest BCUT2D eigenvalue weighted by Gasteiger charge is -2.11. The molecule has 1 aliphatic carbocycles. The van der Waals surface area contributed by atoms with Gasteiger partial charge in [0.25, 0.3) is 0 Å². The van der Waals surface area contributed by atoms with E-state index in [0.29, 0.717) is 0 Å². The molecule has 0 unspecified atom stereocenters. The summed E-state index contributed by atoms with van der Waals surface area (Å²) in [5.74, 6) is 0. The van der Waals surface area contributed by atoms with Crippen LogP contribution < -0.4 is 0 Å². The normalized spacial score (nSPS) is 14.1. The van der Waals surface area contributed by atoms with Crippen molar-refractivity contribution < 1.29 is 9.13 Å². The van der Waals surface area contributed by atoms with Crippen LogP contribution in [0.15, 0.2) is 0 Å². The van der Waals surface area contributed by atoms with Crippen LogP contribution in [0.4, 0.5) is 0 Å². The molecule has 1 rings (SSSR count). The van der Waals surface area contributed by atoms with Crippen LogP contribution in [0.5, 0.6) is 0 Å². The van der Waals surface area contributed by atoms with Gasteiger partial charge in [-0.2, -0.15) is 0 Å². The Balaban J connectivity index is -0.000000280. The van der Waals surface area contributed by atoms with E-state index in [2.05, 4.69) is 6.92 Å². The Hall–Kier alpha value is 0.460. The van der Waals surface area contributed by atoms with Crippen molar-refractivity contribution >= 4 is 14.3 Å². The first kappa shape index (κ1) is 30.2. The third-order valence-corrected chi connectivity index (χ3v) is 12.0. The molecule has 0 saturated heterocycles. The average molecular weight is 397 g/mol. The van der Waals surface area contributed by atoms with Gasteiger partial charge in [-0.25, -0.2) is 0 Å². The molecule has 0 radical (unpaired) electrons. The lowest BCUT2D eigenvalue weighted by atomic mass is 10.0. The van der Waals surface area contributed by atoms with Crippen LogP contribution in [-0.2, 0) is 9.13 Å². The molecule has 0 atom stereocenters. The predicted molar refractivity (Wildman–Crippen MR) is 122 cm³/mol. The largest absolute Gasteiger partial charge is 0.324 e. The van der Waals surface area contributed by atoms with E-state index < -0.39 is 14.3 Å². The molecule has 0 amide bonds.